The minimum atomic E-state index is 0.0730. The quantitative estimate of drug-likeness (QED) is 0.828. The maximum Gasteiger partial charge on any atom is 0.127 e. The molecule has 0 unspecified atom stereocenters. The van der Waals surface area contributed by atoms with E-state index in [-0.39, 0.29) is 5.54 Å². The van der Waals surface area contributed by atoms with Crippen LogP contribution in [0.25, 0.3) is 0 Å². The molecule has 1 N–H and O–H groups in total. The van der Waals surface area contributed by atoms with Crippen LogP contribution < -0.4 is 10.1 Å². The first-order valence-electron chi connectivity index (χ1n) is 6.25. The van der Waals surface area contributed by atoms with E-state index in [0.29, 0.717) is 6.61 Å². The molecule has 1 aromatic carbocycles. The molecular weight excluding hydrogens is 326 g/mol. The molecule has 2 nitrogen and oxygen atoms in total. The van der Waals surface area contributed by atoms with Crippen LogP contribution in [0.3, 0.4) is 0 Å². The summed E-state index contributed by atoms with van der Waals surface area (Å²) >= 11 is 9.04. The van der Waals surface area contributed by atoms with Gasteiger partial charge in [-0.15, -0.1) is 0 Å². The standard InChI is InChI=1S/C15H21BrClNO/c1-11-8-13(16)9-12(10-18-15(2,3)4)14(11)19-7-5-6-17/h5-6,8-9,18H,7,10H2,1-4H3/b6-5+. The summed E-state index contributed by atoms with van der Waals surface area (Å²) < 4.78 is 6.86. The van der Waals surface area contributed by atoms with Gasteiger partial charge in [0.05, 0.1) is 0 Å². The highest BCUT2D eigenvalue weighted by Crippen LogP contribution is 2.28. The SMILES string of the molecule is Cc1cc(Br)cc(CNC(C)(C)C)c1OC/C=C/Cl. The molecule has 0 aromatic heterocycles. The number of halogens is 2. The minimum absolute atomic E-state index is 0.0730. The van der Waals surface area contributed by atoms with Crippen LogP contribution in [0, 0.1) is 6.92 Å². The summed E-state index contributed by atoms with van der Waals surface area (Å²) in [6.45, 7) is 9.74. The summed E-state index contributed by atoms with van der Waals surface area (Å²) in [5.74, 6) is 0.926. The number of benzene rings is 1. The van der Waals surface area contributed by atoms with E-state index in [1.807, 2.05) is 6.92 Å². The van der Waals surface area contributed by atoms with E-state index in [9.17, 15) is 0 Å². The van der Waals surface area contributed by atoms with Crippen molar-refractivity contribution < 1.29 is 4.74 Å². The third-order valence-corrected chi connectivity index (χ3v) is 3.17. The van der Waals surface area contributed by atoms with Crippen LogP contribution in [0.15, 0.2) is 28.2 Å². The molecular formula is C15H21BrClNO. The zero-order valence-corrected chi connectivity index (χ0v) is 14.2. The van der Waals surface area contributed by atoms with Crippen molar-refractivity contribution in [3.05, 3.63) is 39.3 Å². The molecule has 0 amide bonds. The molecule has 1 aromatic rings. The topological polar surface area (TPSA) is 21.3 Å². The molecule has 0 heterocycles. The van der Waals surface area contributed by atoms with Crippen LogP contribution >= 0.6 is 27.5 Å². The van der Waals surface area contributed by atoms with E-state index in [4.69, 9.17) is 16.3 Å². The number of rotatable bonds is 5. The molecule has 4 heteroatoms. The largest absolute Gasteiger partial charge is 0.489 e. The molecule has 0 aliphatic rings. The van der Waals surface area contributed by atoms with Gasteiger partial charge in [-0.25, -0.2) is 0 Å². The summed E-state index contributed by atoms with van der Waals surface area (Å²) in [5.41, 5.74) is 3.80. The molecule has 1 rings (SSSR count). The van der Waals surface area contributed by atoms with E-state index in [2.05, 4.69) is 54.2 Å². The van der Waals surface area contributed by atoms with Crippen molar-refractivity contribution in [3.8, 4) is 5.75 Å². The zero-order chi connectivity index (χ0) is 14.5. The van der Waals surface area contributed by atoms with Gasteiger partial charge in [-0.3, -0.25) is 0 Å². The lowest BCUT2D eigenvalue weighted by molar-refractivity contribution is 0.350. The first-order chi connectivity index (χ1) is 8.83. The molecule has 0 radical (unpaired) electrons. The van der Waals surface area contributed by atoms with Crippen LogP contribution in [0.5, 0.6) is 5.75 Å². The van der Waals surface area contributed by atoms with Crippen molar-refractivity contribution in [2.75, 3.05) is 6.61 Å². The molecule has 0 saturated heterocycles. The van der Waals surface area contributed by atoms with Gasteiger partial charge in [-0.05, 0) is 51.5 Å². The third-order valence-electron chi connectivity index (χ3n) is 2.54. The van der Waals surface area contributed by atoms with E-state index >= 15 is 0 Å². The van der Waals surface area contributed by atoms with Crippen LogP contribution in [0.4, 0.5) is 0 Å². The summed E-state index contributed by atoms with van der Waals surface area (Å²) in [4.78, 5) is 0. The fourth-order valence-electron chi connectivity index (χ4n) is 1.67. The van der Waals surface area contributed by atoms with E-state index in [1.165, 1.54) is 5.54 Å². The maximum absolute atomic E-state index is 5.80. The molecule has 0 spiro atoms. The Morgan fingerprint density at radius 1 is 1.37 bits per heavy atom. The van der Waals surface area contributed by atoms with Gasteiger partial charge in [0.1, 0.15) is 12.4 Å². The van der Waals surface area contributed by atoms with Crippen LogP contribution in [0.2, 0.25) is 0 Å². The van der Waals surface area contributed by atoms with Crippen molar-refractivity contribution in [1.82, 2.24) is 5.32 Å². The fraction of sp³-hybridized carbons (Fsp3) is 0.467. The number of hydrogen-bond donors (Lipinski definition) is 1. The third kappa shape index (κ3) is 5.98. The van der Waals surface area contributed by atoms with Crippen molar-refractivity contribution in [2.45, 2.75) is 39.8 Å². The van der Waals surface area contributed by atoms with Crippen molar-refractivity contribution >= 4 is 27.5 Å². The maximum atomic E-state index is 5.80. The predicted octanol–water partition coefficient (Wildman–Crippen LogP) is 4.78. The highest BCUT2D eigenvalue weighted by atomic mass is 79.9. The second-order valence-electron chi connectivity index (χ2n) is 5.49. The molecule has 19 heavy (non-hydrogen) atoms. The second kappa shape index (κ2) is 7.32. The molecule has 0 fully saturated rings. The molecule has 0 aliphatic heterocycles. The second-order valence-corrected chi connectivity index (χ2v) is 6.65. The van der Waals surface area contributed by atoms with Crippen LogP contribution in [0.1, 0.15) is 31.9 Å². The van der Waals surface area contributed by atoms with Crippen molar-refractivity contribution in [2.24, 2.45) is 0 Å². The average molecular weight is 347 g/mol. The van der Waals surface area contributed by atoms with Gasteiger partial charge in [-0.1, -0.05) is 27.5 Å². The molecule has 0 atom stereocenters. The highest BCUT2D eigenvalue weighted by Gasteiger charge is 2.13. The Kier molecular flexibility index (Phi) is 6.37. The van der Waals surface area contributed by atoms with Gasteiger partial charge < -0.3 is 10.1 Å². The van der Waals surface area contributed by atoms with Gasteiger partial charge in [0.2, 0.25) is 0 Å². The zero-order valence-electron chi connectivity index (χ0n) is 11.9. The fourth-order valence-corrected chi connectivity index (χ4v) is 2.36. The Morgan fingerprint density at radius 3 is 2.63 bits per heavy atom. The first-order valence-corrected chi connectivity index (χ1v) is 7.48. The summed E-state index contributed by atoms with van der Waals surface area (Å²) in [6.07, 6.45) is 1.78. The van der Waals surface area contributed by atoms with E-state index in [1.54, 1.807) is 6.08 Å². The van der Waals surface area contributed by atoms with Gasteiger partial charge in [-0.2, -0.15) is 0 Å². The van der Waals surface area contributed by atoms with Crippen LogP contribution in [-0.4, -0.2) is 12.1 Å². The number of aryl methyl sites for hydroxylation is 1. The normalized spacial score (nSPS) is 12.1. The molecule has 0 saturated carbocycles. The van der Waals surface area contributed by atoms with Gasteiger partial charge >= 0.3 is 0 Å². The van der Waals surface area contributed by atoms with Gasteiger partial charge in [0.25, 0.3) is 0 Å². The Morgan fingerprint density at radius 2 is 2.05 bits per heavy atom. The van der Waals surface area contributed by atoms with Gasteiger partial charge in [0.15, 0.2) is 0 Å². The Labute approximate surface area is 129 Å². The number of nitrogens with one attached hydrogen (secondary N) is 1. The van der Waals surface area contributed by atoms with E-state index in [0.717, 1.165) is 27.9 Å². The summed E-state index contributed by atoms with van der Waals surface area (Å²) in [5, 5.41) is 3.48. The van der Waals surface area contributed by atoms with Gasteiger partial charge in [0, 0.05) is 27.7 Å². The summed E-state index contributed by atoms with van der Waals surface area (Å²) in [7, 11) is 0. The molecule has 0 aliphatic carbocycles. The Hall–Kier alpha value is -0.510. The van der Waals surface area contributed by atoms with Crippen molar-refractivity contribution in [1.29, 1.82) is 0 Å². The Balaban J connectivity index is 2.92. The Bertz CT molecular complexity index is 452. The predicted molar refractivity (Wildman–Crippen MR) is 86.0 cm³/mol. The highest BCUT2D eigenvalue weighted by molar-refractivity contribution is 9.10. The van der Waals surface area contributed by atoms with Crippen LogP contribution in [-0.2, 0) is 6.54 Å². The lowest BCUT2D eigenvalue weighted by atomic mass is 10.1. The molecule has 0 bridgehead atoms. The average Bonchev–Trinajstić information content (AvgIpc) is 2.28. The van der Waals surface area contributed by atoms with Crippen molar-refractivity contribution in [3.63, 3.8) is 0 Å². The first kappa shape index (κ1) is 16.5. The lowest BCUT2D eigenvalue weighted by Gasteiger charge is -2.22. The monoisotopic (exact) mass is 345 g/mol. The lowest BCUT2D eigenvalue weighted by Crippen LogP contribution is -2.35. The van der Waals surface area contributed by atoms with E-state index < -0.39 is 0 Å². The molecule has 106 valence electrons. The minimum Gasteiger partial charge on any atom is -0.489 e. The smallest absolute Gasteiger partial charge is 0.127 e. The number of hydrogen-bond acceptors (Lipinski definition) is 2. The number of ether oxygens (including phenoxy) is 1. The summed E-state index contributed by atoms with van der Waals surface area (Å²) in [6, 6.07) is 4.14.